The predicted octanol–water partition coefficient (Wildman–Crippen LogP) is 0.819. The third-order valence-electron chi connectivity index (χ3n) is 2.70. The average molecular weight is 275 g/mol. The minimum absolute atomic E-state index is 0.146. The molecule has 1 amide bonds. The molecule has 0 aliphatic heterocycles. The molecule has 0 radical (unpaired) electrons. The third-order valence-corrected chi connectivity index (χ3v) is 2.70. The van der Waals surface area contributed by atoms with Crippen LogP contribution in [0.1, 0.15) is 23.7 Å². The number of hydrogen-bond donors (Lipinski definition) is 1. The number of carbonyl (C=O) groups excluding carboxylic acids is 1. The molecule has 7 nitrogen and oxygen atoms in total. The summed E-state index contributed by atoms with van der Waals surface area (Å²) in [7, 11) is 0. The zero-order chi connectivity index (χ0) is 14.2. The van der Waals surface area contributed by atoms with E-state index in [0.717, 1.165) is 6.42 Å². The van der Waals surface area contributed by atoms with Crippen LogP contribution >= 0.6 is 0 Å². The number of hydrogen-bond acceptors (Lipinski definition) is 5. The lowest BCUT2D eigenvalue weighted by Gasteiger charge is -2.09. The van der Waals surface area contributed by atoms with Gasteiger partial charge in [0.2, 0.25) is 0 Å². The van der Waals surface area contributed by atoms with Gasteiger partial charge in [-0.15, -0.1) is 5.10 Å². The molecule has 1 aromatic carbocycles. The van der Waals surface area contributed by atoms with E-state index in [4.69, 9.17) is 4.74 Å². The zero-order valence-electron chi connectivity index (χ0n) is 11.3. The van der Waals surface area contributed by atoms with Gasteiger partial charge in [-0.25, -0.2) is 0 Å². The molecule has 1 aromatic heterocycles. The molecule has 0 unspecified atom stereocenters. The fourth-order valence-electron chi connectivity index (χ4n) is 1.75. The van der Waals surface area contributed by atoms with Crippen molar-refractivity contribution in [2.24, 2.45) is 0 Å². The Morgan fingerprint density at radius 2 is 2.25 bits per heavy atom. The van der Waals surface area contributed by atoms with Crippen LogP contribution < -0.4 is 5.32 Å². The van der Waals surface area contributed by atoms with Crippen LogP contribution in [0.3, 0.4) is 0 Å². The lowest BCUT2D eigenvalue weighted by Crippen LogP contribution is -2.26. The van der Waals surface area contributed by atoms with E-state index in [0.29, 0.717) is 31.0 Å². The summed E-state index contributed by atoms with van der Waals surface area (Å²) in [5.74, 6) is -0.146. The van der Waals surface area contributed by atoms with Gasteiger partial charge in [0, 0.05) is 19.8 Å². The van der Waals surface area contributed by atoms with Crippen molar-refractivity contribution in [3.05, 3.63) is 36.2 Å². The fourth-order valence-corrected chi connectivity index (χ4v) is 1.75. The molecule has 7 heteroatoms. The van der Waals surface area contributed by atoms with Crippen LogP contribution in [0.4, 0.5) is 0 Å². The zero-order valence-corrected chi connectivity index (χ0v) is 11.3. The number of nitrogens with one attached hydrogen (secondary N) is 1. The first-order chi connectivity index (χ1) is 9.83. The summed E-state index contributed by atoms with van der Waals surface area (Å²) in [6, 6.07) is 7.19. The van der Waals surface area contributed by atoms with Crippen LogP contribution in [0.2, 0.25) is 0 Å². The van der Waals surface area contributed by atoms with Gasteiger partial charge >= 0.3 is 0 Å². The first kappa shape index (κ1) is 14.1. The van der Waals surface area contributed by atoms with Crippen LogP contribution in [0.25, 0.3) is 5.69 Å². The van der Waals surface area contributed by atoms with E-state index >= 15 is 0 Å². The lowest BCUT2D eigenvalue weighted by atomic mass is 10.1. The number of benzene rings is 1. The highest BCUT2D eigenvalue weighted by Gasteiger charge is 2.12. The van der Waals surface area contributed by atoms with Crippen molar-refractivity contribution in [3.8, 4) is 5.69 Å². The first-order valence-electron chi connectivity index (χ1n) is 6.51. The highest BCUT2D eigenvalue weighted by atomic mass is 16.5. The van der Waals surface area contributed by atoms with Gasteiger partial charge in [0.25, 0.3) is 5.91 Å². The molecule has 0 fully saturated rings. The predicted molar refractivity (Wildman–Crippen MR) is 72.6 cm³/mol. The smallest absolute Gasteiger partial charge is 0.253 e. The van der Waals surface area contributed by atoms with E-state index in [1.165, 1.54) is 11.0 Å². The van der Waals surface area contributed by atoms with Crippen LogP contribution in [0, 0.1) is 0 Å². The molecule has 20 heavy (non-hydrogen) atoms. The summed E-state index contributed by atoms with van der Waals surface area (Å²) in [6.45, 7) is 3.85. The van der Waals surface area contributed by atoms with Crippen LogP contribution in [-0.4, -0.2) is 45.9 Å². The van der Waals surface area contributed by atoms with Crippen molar-refractivity contribution in [3.63, 3.8) is 0 Å². The Hall–Kier alpha value is -2.28. The molecule has 0 aliphatic carbocycles. The molecule has 1 heterocycles. The van der Waals surface area contributed by atoms with Crippen LogP contribution in [0.15, 0.2) is 30.6 Å². The SMILES string of the molecule is CCOCCCNC(=O)c1ccccc1-n1cnnn1. The van der Waals surface area contributed by atoms with Gasteiger partial charge in [0.1, 0.15) is 6.33 Å². The number of aromatic nitrogens is 4. The van der Waals surface area contributed by atoms with E-state index in [1.54, 1.807) is 12.1 Å². The Kier molecular flexibility index (Phi) is 5.19. The second kappa shape index (κ2) is 7.34. The lowest BCUT2D eigenvalue weighted by molar-refractivity contribution is 0.0944. The monoisotopic (exact) mass is 275 g/mol. The Labute approximate surface area is 116 Å². The van der Waals surface area contributed by atoms with E-state index in [2.05, 4.69) is 20.8 Å². The van der Waals surface area contributed by atoms with Gasteiger partial charge in [0.05, 0.1) is 11.3 Å². The maximum absolute atomic E-state index is 12.2. The highest BCUT2D eigenvalue weighted by Crippen LogP contribution is 2.12. The minimum Gasteiger partial charge on any atom is -0.382 e. The number of ether oxygens (including phenoxy) is 1. The van der Waals surface area contributed by atoms with Gasteiger partial charge in [-0.1, -0.05) is 12.1 Å². The second-order valence-corrected chi connectivity index (χ2v) is 4.08. The summed E-state index contributed by atoms with van der Waals surface area (Å²) >= 11 is 0. The van der Waals surface area contributed by atoms with E-state index in [1.807, 2.05) is 19.1 Å². The van der Waals surface area contributed by atoms with Crippen LogP contribution in [-0.2, 0) is 4.74 Å². The quantitative estimate of drug-likeness (QED) is 0.756. The Bertz CT molecular complexity index is 541. The second-order valence-electron chi connectivity index (χ2n) is 4.08. The molecule has 0 aliphatic rings. The number of amides is 1. The molecule has 2 rings (SSSR count). The van der Waals surface area contributed by atoms with E-state index < -0.39 is 0 Å². The standard InChI is InChI=1S/C13H17N5O2/c1-2-20-9-5-8-14-13(19)11-6-3-4-7-12(11)18-10-15-16-17-18/h3-4,6-7,10H,2,5,8-9H2,1H3,(H,14,19). The topological polar surface area (TPSA) is 81.9 Å². The number of rotatable bonds is 7. The Morgan fingerprint density at radius 1 is 1.40 bits per heavy atom. The molecule has 0 saturated heterocycles. The number of carbonyl (C=O) groups is 1. The molecular weight excluding hydrogens is 258 g/mol. The van der Waals surface area contributed by atoms with Gasteiger partial charge < -0.3 is 10.1 Å². The Morgan fingerprint density at radius 3 is 3.00 bits per heavy atom. The minimum atomic E-state index is -0.146. The first-order valence-corrected chi connectivity index (χ1v) is 6.51. The van der Waals surface area contributed by atoms with Crippen molar-refractivity contribution in [2.75, 3.05) is 19.8 Å². The molecule has 2 aromatic rings. The molecule has 0 spiro atoms. The van der Waals surface area contributed by atoms with Crippen molar-refractivity contribution in [2.45, 2.75) is 13.3 Å². The molecule has 0 saturated carbocycles. The van der Waals surface area contributed by atoms with Crippen LogP contribution in [0.5, 0.6) is 0 Å². The summed E-state index contributed by atoms with van der Waals surface area (Å²) < 4.78 is 6.69. The van der Waals surface area contributed by atoms with E-state index in [-0.39, 0.29) is 5.91 Å². The maximum Gasteiger partial charge on any atom is 0.253 e. The molecule has 0 atom stereocenters. The van der Waals surface area contributed by atoms with Crippen molar-refractivity contribution in [1.29, 1.82) is 0 Å². The molecular formula is C13H17N5O2. The van der Waals surface area contributed by atoms with Crippen molar-refractivity contribution < 1.29 is 9.53 Å². The number of nitrogens with zero attached hydrogens (tertiary/aromatic N) is 4. The molecule has 106 valence electrons. The summed E-state index contributed by atoms with van der Waals surface area (Å²) in [5.41, 5.74) is 1.19. The van der Waals surface area contributed by atoms with Crippen molar-refractivity contribution >= 4 is 5.91 Å². The normalized spacial score (nSPS) is 10.4. The molecule has 1 N–H and O–H groups in total. The largest absolute Gasteiger partial charge is 0.382 e. The van der Waals surface area contributed by atoms with Gasteiger partial charge in [0.15, 0.2) is 0 Å². The number of para-hydroxylation sites is 1. The summed E-state index contributed by atoms with van der Waals surface area (Å²) in [5, 5.41) is 13.8. The van der Waals surface area contributed by atoms with E-state index in [9.17, 15) is 4.79 Å². The van der Waals surface area contributed by atoms with Gasteiger partial charge in [-0.05, 0) is 35.9 Å². The highest BCUT2D eigenvalue weighted by molar-refractivity contribution is 5.97. The van der Waals surface area contributed by atoms with Gasteiger partial charge in [-0.3, -0.25) is 4.79 Å². The number of tetrazole rings is 1. The Balaban J connectivity index is 2.00. The average Bonchev–Trinajstić information content (AvgIpc) is 3.01. The third kappa shape index (κ3) is 3.61. The van der Waals surface area contributed by atoms with Gasteiger partial charge in [-0.2, -0.15) is 4.68 Å². The molecule has 0 bridgehead atoms. The summed E-state index contributed by atoms with van der Waals surface area (Å²) in [6.07, 6.45) is 2.24. The maximum atomic E-state index is 12.2. The fraction of sp³-hybridized carbons (Fsp3) is 0.385. The van der Waals surface area contributed by atoms with Crippen molar-refractivity contribution in [1.82, 2.24) is 25.5 Å². The summed E-state index contributed by atoms with van der Waals surface area (Å²) in [4.78, 5) is 12.2.